The highest BCUT2D eigenvalue weighted by Crippen LogP contribution is 2.55. The quantitative estimate of drug-likeness (QED) is 0.115. The minimum absolute atomic E-state index is 0.918. The molecule has 1 nitrogen and oxygen atoms in total. The van der Waals surface area contributed by atoms with Crippen LogP contribution in [-0.4, -0.2) is 12.3 Å². The van der Waals surface area contributed by atoms with Gasteiger partial charge in [-0.15, -0.1) is 0 Å². The van der Waals surface area contributed by atoms with Gasteiger partial charge in [0, 0.05) is 12.3 Å². The molecule has 0 saturated carbocycles. The Hall–Kier alpha value is 0.710. The van der Waals surface area contributed by atoms with E-state index in [9.17, 15) is 4.57 Å². The van der Waals surface area contributed by atoms with Crippen LogP contribution in [0.2, 0.25) is 0 Å². The van der Waals surface area contributed by atoms with E-state index in [0.29, 0.717) is 0 Å². The monoisotopic (exact) mass is 464 g/mol. The number of unbranched alkanes of at least 4 members (excludes halogenated alkanes) is 18. The number of halogens is 1. The van der Waals surface area contributed by atoms with Crippen molar-refractivity contribution in [3.63, 3.8) is 0 Å². The fourth-order valence-corrected chi connectivity index (χ4v) is 6.90. The first-order valence-corrected chi connectivity index (χ1v) is 16.5. The van der Waals surface area contributed by atoms with Gasteiger partial charge in [0.25, 0.3) is 0 Å². The molecule has 164 valence electrons. The molecule has 0 rings (SSSR count). The van der Waals surface area contributed by atoms with Crippen molar-refractivity contribution in [3.8, 4) is 0 Å². The van der Waals surface area contributed by atoms with Gasteiger partial charge >= 0.3 is 0 Å². The van der Waals surface area contributed by atoms with E-state index in [0.717, 1.165) is 25.2 Å². The lowest BCUT2D eigenvalue weighted by Crippen LogP contribution is -1.92. The van der Waals surface area contributed by atoms with Crippen LogP contribution in [0, 0.1) is 0 Å². The summed E-state index contributed by atoms with van der Waals surface area (Å²) in [5, 5.41) is 0. The van der Waals surface area contributed by atoms with Crippen molar-refractivity contribution in [2.24, 2.45) is 0 Å². The fourth-order valence-electron chi connectivity index (χ4n) is 3.78. The molecule has 0 amide bonds. The van der Waals surface area contributed by atoms with E-state index in [2.05, 4.69) is 29.3 Å². The van der Waals surface area contributed by atoms with E-state index in [1.807, 2.05) is 0 Å². The van der Waals surface area contributed by atoms with Crippen LogP contribution in [0.4, 0.5) is 0 Å². The van der Waals surface area contributed by atoms with Gasteiger partial charge in [-0.25, -0.2) is 0 Å². The minimum Gasteiger partial charge on any atom is -0.312 e. The van der Waals surface area contributed by atoms with Crippen molar-refractivity contribution in [3.05, 3.63) is 0 Å². The Labute approximate surface area is 180 Å². The van der Waals surface area contributed by atoms with Gasteiger partial charge in [-0.2, -0.15) is 0 Å². The maximum Gasteiger partial charge on any atom is 0.148 e. The maximum atomic E-state index is 12.6. The predicted molar refractivity (Wildman–Crippen MR) is 130 cm³/mol. The molecule has 0 N–H and O–H groups in total. The van der Waals surface area contributed by atoms with Crippen LogP contribution in [0.25, 0.3) is 0 Å². The number of hydrogen-bond acceptors (Lipinski definition) is 1. The highest BCUT2D eigenvalue weighted by Gasteiger charge is 2.16. The third-order valence-electron chi connectivity index (χ3n) is 5.69. The molecule has 0 atom stereocenters. The lowest BCUT2D eigenvalue weighted by molar-refractivity contribution is 0.553. The third kappa shape index (κ3) is 22.9. The lowest BCUT2D eigenvalue weighted by atomic mass is 10.1. The van der Waals surface area contributed by atoms with Crippen molar-refractivity contribution >= 4 is 21.3 Å². The van der Waals surface area contributed by atoms with Gasteiger partial charge in [-0.05, 0) is 28.3 Å². The Morgan fingerprint density at radius 1 is 0.444 bits per heavy atom. The minimum atomic E-state index is -2.03. The molecule has 0 aromatic rings. The Morgan fingerprint density at radius 3 is 0.926 bits per heavy atom. The largest absolute Gasteiger partial charge is 0.312 e. The van der Waals surface area contributed by atoms with Crippen LogP contribution in [0.5, 0.6) is 0 Å². The summed E-state index contributed by atoms with van der Waals surface area (Å²) in [6.45, 7) is 4.55. The SMILES string of the molecule is CCCCCCCCCCCCP(=O)(Br)CCCCCCCCCCCC. The molecule has 0 saturated heterocycles. The summed E-state index contributed by atoms with van der Waals surface area (Å²) in [6, 6.07) is 0. The van der Waals surface area contributed by atoms with Gasteiger partial charge in [0.15, 0.2) is 0 Å². The normalized spacial score (nSPS) is 12.0. The van der Waals surface area contributed by atoms with Crippen LogP contribution in [0.15, 0.2) is 0 Å². The molecule has 0 radical (unpaired) electrons. The number of hydrogen-bond donors (Lipinski definition) is 0. The Morgan fingerprint density at radius 2 is 0.667 bits per heavy atom. The van der Waals surface area contributed by atoms with Gasteiger partial charge in [0.1, 0.15) is 5.84 Å². The average Bonchev–Trinajstić information content (AvgIpc) is 2.64. The van der Waals surface area contributed by atoms with E-state index in [4.69, 9.17) is 0 Å². The molecule has 0 heterocycles. The van der Waals surface area contributed by atoms with Gasteiger partial charge in [-0.3, -0.25) is 0 Å². The summed E-state index contributed by atoms with van der Waals surface area (Å²) in [5.74, 6) is -2.03. The fraction of sp³-hybridized carbons (Fsp3) is 1.00. The first kappa shape index (κ1) is 27.7. The molecule has 3 heteroatoms. The first-order valence-electron chi connectivity index (χ1n) is 12.4. The Bertz CT molecular complexity index is 304. The average molecular weight is 466 g/mol. The second-order valence-electron chi connectivity index (χ2n) is 8.60. The van der Waals surface area contributed by atoms with Crippen molar-refractivity contribution in [1.29, 1.82) is 0 Å². The topological polar surface area (TPSA) is 17.1 Å². The molecule has 0 spiro atoms. The van der Waals surface area contributed by atoms with E-state index < -0.39 is 5.84 Å². The zero-order chi connectivity index (χ0) is 20.1. The van der Waals surface area contributed by atoms with Gasteiger partial charge < -0.3 is 4.57 Å². The maximum absolute atomic E-state index is 12.6. The second-order valence-corrected chi connectivity index (χ2v) is 15.0. The highest BCUT2D eigenvalue weighted by molar-refractivity contribution is 9.40. The van der Waals surface area contributed by atoms with Crippen molar-refractivity contribution in [2.75, 3.05) is 12.3 Å². The summed E-state index contributed by atoms with van der Waals surface area (Å²) < 4.78 is 12.6. The molecule has 0 aliphatic carbocycles. The molecule has 27 heavy (non-hydrogen) atoms. The van der Waals surface area contributed by atoms with Gasteiger partial charge in [-0.1, -0.05) is 129 Å². The summed E-state index contributed by atoms with van der Waals surface area (Å²) in [5.41, 5.74) is 0. The molecule has 0 aromatic heterocycles. The van der Waals surface area contributed by atoms with E-state index in [-0.39, 0.29) is 0 Å². The third-order valence-corrected chi connectivity index (χ3v) is 9.79. The Balaban J connectivity index is 3.32. The molecular formula is C24H50BrOP. The van der Waals surface area contributed by atoms with Crippen LogP contribution in [0.3, 0.4) is 0 Å². The van der Waals surface area contributed by atoms with Crippen molar-refractivity contribution in [2.45, 2.75) is 142 Å². The molecule has 0 aromatic carbocycles. The highest BCUT2D eigenvalue weighted by atomic mass is 79.9. The molecular weight excluding hydrogens is 415 g/mol. The van der Waals surface area contributed by atoms with Crippen LogP contribution >= 0.6 is 21.3 Å². The van der Waals surface area contributed by atoms with Crippen LogP contribution < -0.4 is 0 Å². The summed E-state index contributed by atoms with van der Waals surface area (Å²) >= 11 is 3.57. The molecule has 0 aliphatic heterocycles. The molecule has 0 fully saturated rings. The van der Waals surface area contributed by atoms with E-state index in [1.54, 1.807) is 0 Å². The standard InChI is InChI=1S/C24H50BrOP/c1-3-5-7-9-11-13-15-17-19-21-23-27(25,26)24-22-20-18-16-14-12-10-8-6-4-2/h3-24H2,1-2H3. The zero-order valence-electron chi connectivity index (χ0n) is 18.8. The first-order chi connectivity index (χ1) is 13.1. The summed E-state index contributed by atoms with van der Waals surface area (Å²) in [6.07, 6.45) is 28.9. The van der Waals surface area contributed by atoms with E-state index >= 15 is 0 Å². The van der Waals surface area contributed by atoms with Crippen LogP contribution in [0.1, 0.15) is 142 Å². The molecule has 0 unspecified atom stereocenters. The summed E-state index contributed by atoms with van der Waals surface area (Å²) in [7, 11) is 0. The Kier molecular flexibility index (Phi) is 22.0. The van der Waals surface area contributed by atoms with Gasteiger partial charge in [0.05, 0.1) is 0 Å². The zero-order valence-corrected chi connectivity index (χ0v) is 21.3. The second kappa shape index (κ2) is 21.4. The molecule has 0 bridgehead atoms. The summed E-state index contributed by atoms with van der Waals surface area (Å²) in [4.78, 5) is 0. The van der Waals surface area contributed by atoms with Crippen molar-refractivity contribution in [1.82, 2.24) is 0 Å². The van der Waals surface area contributed by atoms with Gasteiger partial charge in [0.2, 0.25) is 0 Å². The lowest BCUT2D eigenvalue weighted by Gasteiger charge is -2.11. The predicted octanol–water partition coefficient (Wildman–Crippen LogP) is 10.5. The number of rotatable bonds is 22. The van der Waals surface area contributed by atoms with Crippen LogP contribution in [-0.2, 0) is 4.57 Å². The van der Waals surface area contributed by atoms with E-state index in [1.165, 1.54) is 116 Å². The van der Waals surface area contributed by atoms with Crippen molar-refractivity contribution < 1.29 is 4.57 Å². The molecule has 0 aliphatic rings. The smallest absolute Gasteiger partial charge is 0.148 e.